The van der Waals surface area contributed by atoms with Crippen LogP contribution in [0.25, 0.3) is 0 Å². The summed E-state index contributed by atoms with van der Waals surface area (Å²) < 4.78 is 13.1. The molecule has 0 aliphatic heterocycles. The Balaban J connectivity index is 2.27. The number of carbonyl (C=O) groups is 1. The molecular formula is C16H17FN2O. The van der Waals surface area contributed by atoms with E-state index in [0.717, 1.165) is 11.3 Å². The van der Waals surface area contributed by atoms with Gasteiger partial charge in [0.25, 0.3) is 5.91 Å². The lowest BCUT2D eigenvalue weighted by Gasteiger charge is -2.19. The molecule has 0 atom stereocenters. The van der Waals surface area contributed by atoms with Crippen LogP contribution in [0.2, 0.25) is 0 Å². The van der Waals surface area contributed by atoms with Crippen LogP contribution in [0.3, 0.4) is 0 Å². The normalized spacial score (nSPS) is 10.4. The number of hydrogen-bond acceptors (Lipinski definition) is 2. The molecule has 0 aliphatic rings. The van der Waals surface area contributed by atoms with Crippen molar-refractivity contribution in [3.8, 4) is 0 Å². The van der Waals surface area contributed by atoms with Crippen LogP contribution >= 0.6 is 0 Å². The van der Waals surface area contributed by atoms with Crippen molar-refractivity contribution in [2.24, 2.45) is 5.73 Å². The summed E-state index contributed by atoms with van der Waals surface area (Å²) in [7, 11) is 1.70. The zero-order chi connectivity index (χ0) is 14.7. The number of aryl methyl sites for hydroxylation is 1. The van der Waals surface area contributed by atoms with Crippen LogP contribution in [0, 0.1) is 12.7 Å². The predicted molar refractivity (Wildman–Crippen MR) is 78.2 cm³/mol. The minimum atomic E-state index is -0.339. The summed E-state index contributed by atoms with van der Waals surface area (Å²) in [5.41, 5.74) is 8.45. The van der Waals surface area contributed by atoms with Gasteiger partial charge in [-0.2, -0.15) is 0 Å². The number of carbonyl (C=O) groups excluding carboxylic acids is 1. The first-order valence-corrected chi connectivity index (χ1v) is 6.36. The highest BCUT2D eigenvalue weighted by Crippen LogP contribution is 2.18. The van der Waals surface area contributed by atoms with Crippen LogP contribution in [-0.4, -0.2) is 13.0 Å². The quantitative estimate of drug-likeness (QED) is 0.934. The molecule has 1 amide bonds. The molecule has 0 aliphatic carbocycles. The Morgan fingerprint density at radius 1 is 1.20 bits per heavy atom. The maximum atomic E-state index is 13.1. The highest BCUT2D eigenvalue weighted by atomic mass is 19.1. The summed E-state index contributed by atoms with van der Waals surface area (Å²) >= 11 is 0. The molecule has 0 radical (unpaired) electrons. The number of anilines is 1. The molecule has 2 N–H and O–H groups in total. The van der Waals surface area contributed by atoms with E-state index in [1.807, 2.05) is 24.3 Å². The van der Waals surface area contributed by atoms with Gasteiger partial charge in [0.05, 0.1) is 0 Å². The van der Waals surface area contributed by atoms with Gasteiger partial charge in [0.1, 0.15) is 5.82 Å². The van der Waals surface area contributed by atoms with E-state index in [2.05, 4.69) is 0 Å². The molecule has 0 heterocycles. The Bertz CT molecular complexity index is 623. The third-order valence-electron chi connectivity index (χ3n) is 3.28. The lowest BCUT2D eigenvalue weighted by Crippen LogP contribution is -2.27. The highest BCUT2D eigenvalue weighted by molar-refractivity contribution is 6.06. The third-order valence-corrected chi connectivity index (χ3v) is 3.28. The molecule has 0 bridgehead atoms. The number of halogens is 1. The number of rotatable bonds is 3. The molecular weight excluding hydrogens is 255 g/mol. The number of nitrogens with zero attached hydrogens (tertiary/aromatic N) is 1. The minimum Gasteiger partial charge on any atom is -0.326 e. The monoisotopic (exact) mass is 272 g/mol. The summed E-state index contributed by atoms with van der Waals surface area (Å²) in [5.74, 6) is -0.503. The predicted octanol–water partition coefficient (Wildman–Crippen LogP) is 2.87. The van der Waals surface area contributed by atoms with E-state index in [1.165, 1.54) is 18.2 Å². The van der Waals surface area contributed by atoms with Crippen LogP contribution in [-0.2, 0) is 6.54 Å². The zero-order valence-corrected chi connectivity index (χ0v) is 11.6. The van der Waals surface area contributed by atoms with Crippen molar-refractivity contribution in [3.63, 3.8) is 0 Å². The fourth-order valence-corrected chi connectivity index (χ4v) is 2.02. The largest absolute Gasteiger partial charge is 0.326 e. The molecule has 0 aromatic heterocycles. The van der Waals surface area contributed by atoms with Gasteiger partial charge in [0, 0.05) is 24.8 Å². The van der Waals surface area contributed by atoms with Gasteiger partial charge in [-0.25, -0.2) is 4.39 Å². The molecule has 20 heavy (non-hydrogen) atoms. The van der Waals surface area contributed by atoms with E-state index in [-0.39, 0.29) is 11.7 Å². The van der Waals surface area contributed by atoms with Gasteiger partial charge < -0.3 is 10.6 Å². The average Bonchev–Trinajstić information content (AvgIpc) is 2.46. The van der Waals surface area contributed by atoms with Crippen molar-refractivity contribution in [1.29, 1.82) is 0 Å². The molecule has 2 rings (SSSR count). The van der Waals surface area contributed by atoms with Crippen molar-refractivity contribution in [2.75, 3.05) is 11.9 Å². The highest BCUT2D eigenvalue weighted by Gasteiger charge is 2.15. The van der Waals surface area contributed by atoms with E-state index < -0.39 is 0 Å². The maximum Gasteiger partial charge on any atom is 0.258 e. The van der Waals surface area contributed by atoms with E-state index in [1.54, 1.807) is 18.9 Å². The van der Waals surface area contributed by atoms with Crippen molar-refractivity contribution in [2.45, 2.75) is 13.5 Å². The van der Waals surface area contributed by atoms with Gasteiger partial charge in [0.2, 0.25) is 0 Å². The van der Waals surface area contributed by atoms with Crippen LogP contribution in [0.5, 0.6) is 0 Å². The molecule has 2 aromatic carbocycles. The van der Waals surface area contributed by atoms with Crippen LogP contribution in [0.1, 0.15) is 21.5 Å². The first kappa shape index (κ1) is 14.2. The van der Waals surface area contributed by atoms with Crippen LogP contribution in [0.4, 0.5) is 10.1 Å². The number of benzene rings is 2. The molecule has 104 valence electrons. The maximum absolute atomic E-state index is 13.1. The fourth-order valence-electron chi connectivity index (χ4n) is 2.02. The van der Waals surface area contributed by atoms with Gasteiger partial charge in [-0.05, 0) is 48.4 Å². The second-order valence-electron chi connectivity index (χ2n) is 4.69. The van der Waals surface area contributed by atoms with Gasteiger partial charge >= 0.3 is 0 Å². The Kier molecular flexibility index (Phi) is 4.15. The molecule has 3 nitrogen and oxygen atoms in total. The number of amides is 1. The fraction of sp³-hybridized carbons (Fsp3) is 0.188. The Hall–Kier alpha value is -2.20. The SMILES string of the molecule is Cc1cc(F)ccc1C(=O)N(C)c1ccc(CN)cc1. The van der Waals surface area contributed by atoms with Crippen molar-refractivity contribution in [3.05, 3.63) is 65.0 Å². The van der Waals surface area contributed by atoms with Crippen molar-refractivity contribution >= 4 is 11.6 Å². The molecule has 2 aromatic rings. The topological polar surface area (TPSA) is 46.3 Å². The van der Waals surface area contributed by atoms with Gasteiger partial charge in [-0.1, -0.05) is 12.1 Å². The summed E-state index contributed by atoms with van der Waals surface area (Å²) in [5, 5.41) is 0. The van der Waals surface area contributed by atoms with Crippen LogP contribution in [0.15, 0.2) is 42.5 Å². The summed E-state index contributed by atoms with van der Waals surface area (Å²) in [6.45, 7) is 2.19. The van der Waals surface area contributed by atoms with Crippen LogP contribution < -0.4 is 10.6 Å². The Morgan fingerprint density at radius 2 is 1.85 bits per heavy atom. The first-order chi connectivity index (χ1) is 9.52. The second-order valence-corrected chi connectivity index (χ2v) is 4.69. The van der Waals surface area contributed by atoms with Gasteiger partial charge in [-0.15, -0.1) is 0 Å². The molecule has 0 spiro atoms. The minimum absolute atomic E-state index is 0.164. The van der Waals surface area contributed by atoms with Gasteiger partial charge in [0.15, 0.2) is 0 Å². The summed E-state index contributed by atoms with van der Waals surface area (Å²) in [6.07, 6.45) is 0. The van der Waals surface area contributed by atoms with Crippen molar-refractivity contribution < 1.29 is 9.18 Å². The number of hydrogen-bond donors (Lipinski definition) is 1. The second kappa shape index (κ2) is 5.84. The lowest BCUT2D eigenvalue weighted by atomic mass is 10.1. The Morgan fingerprint density at radius 3 is 2.40 bits per heavy atom. The summed E-state index contributed by atoms with van der Waals surface area (Å²) in [4.78, 5) is 14.0. The smallest absolute Gasteiger partial charge is 0.258 e. The number of nitrogens with two attached hydrogens (primary N) is 1. The van der Waals surface area contributed by atoms with E-state index >= 15 is 0 Å². The van der Waals surface area contributed by atoms with Crippen molar-refractivity contribution in [1.82, 2.24) is 0 Å². The molecule has 0 fully saturated rings. The molecule has 0 unspecified atom stereocenters. The van der Waals surface area contributed by atoms with E-state index in [4.69, 9.17) is 5.73 Å². The van der Waals surface area contributed by atoms with Gasteiger partial charge in [-0.3, -0.25) is 4.79 Å². The van der Waals surface area contributed by atoms with E-state index in [9.17, 15) is 9.18 Å². The lowest BCUT2D eigenvalue weighted by molar-refractivity contribution is 0.0992. The molecule has 4 heteroatoms. The average molecular weight is 272 g/mol. The Labute approximate surface area is 117 Å². The molecule has 0 saturated carbocycles. The van der Waals surface area contributed by atoms with E-state index in [0.29, 0.717) is 17.7 Å². The summed E-state index contributed by atoms with van der Waals surface area (Å²) in [6, 6.07) is 11.6. The zero-order valence-electron chi connectivity index (χ0n) is 11.6. The third kappa shape index (κ3) is 2.86. The first-order valence-electron chi connectivity index (χ1n) is 6.36. The standard InChI is InChI=1S/C16H17FN2O/c1-11-9-13(17)5-8-15(11)16(20)19(2)14-6-3-12(10-18)4-7-14/h3-9H,10,18H2,1-2H3. The molecule has 0 saturated heterocycles.